The van der Waals surface area contributed by atoms with Gasteiger partial charge in [0.2, 0.25) is 11.0 Å². The number of nitrogens with one attached hydrogen (secondary N) is 3. The summed E-state index contributed by atoms with van der Waals surface area (Å²) in [6, 6.07) is 20.1. The van der Waals surface area contributed by atoms with Crippen LogP contribution in [0.25, 0.3) is 0 Å². The van der Waals surface area contributed by atoms with Crippen molar-refractivity contribution in [2.24, 2.45) is 0 Å². The van der Waals surface area contributed by atoms with E-state index < -0.39 is 0 Å². The van der Waals surface area contributed by atoms with Crippen LogP contribution in [0.3, 0.4) is 0 Å². The van der Waals surface area contributed by atoms with E-state index in [1.54, 1.807) is 42.7 Å². The third kappa shape index (κ3) is 5.96. The zero-order chi connectivity index (χ0) is 22.2. The van der Waals surface area contributed by atoms with Crippen molar-refractivity contribution < 1.29 is 14.0 Å². The van der Waals surface area contributed by atoms with Crippen molar-refractivity contribution in [1.29, 1.82) is 0 Å². The number of hydrogen-bond acceptors (Lipinski definition) is 8. The number of aromatic nitrogens is 2. The molecule has 0 fully saturated rings. The molecule has 0 unspecified atom stereocenters. The Hall–Kier alpha value is -3.63. The topological polar surface area (TPSA) is 109 Å². The molecule has 0 saturated carbocycles. The van der Waals surface area contributed by atoms with E-state index in [1.807, 2.05) is 30.3 Å². The number of thioether (sulfide) groups is 1. The van der Waals surface area contributed by atoms with Gasteiger partial charge < -0.3 is 20.4 Å². The van der Waals surface area contributed by atoms with Gasteiger partial charge in [0.05, 0.1) is 29.8 Å². The Labute approximate surface area is 192 Å². The van der Waals surface area contributed by atoms with Gasteiger partial charge in [-0.2, -0.15) is 0 Å². The first-order valence-corrected chi connectivity index (χ1v) is 11.5. The first-order valence-electron chi connectivity index (χ1n) is 9.65. The fraction of sp³-hybridized carbons (Fsp3) is 0.0909. The van der Waals surface area contributed by atoms with Gasteiger partial charge in [-0.05, 0) is 36.4 Å². The number of hydrogen-bond donors (Lipinski definition) is 3. The molecule has 8 nitrogen and oxygen atoms in total. The predicted octanol–water partition coefficient (Wildman–Crippen LogP) is 4.54. The Morgan fingerprint density at radius 2 is 1.78 bits per heavy atom. The Bertz CT molecular complexity index is 1180. The van der Waals surface area contributed by atoms with Gasteiger partial charge in [-0.1, -0.05) is 53.4 Å². The summed E-state index contributed by atoms with van der Waals surface area (Å²) >= 11 is 2.65. The van der Waals surface area contributed by atoms with Crippen LogP contribution in [-0.4, -0.2) is 27.8 Å². The van der Waals surface area contributed by atoms with E-state index in [2.05, 4.69) is 26.1 Å². The normalized spacial score (nSPS) is 10.5. The molecule has 0 aliphatic rings. The lowest BCUT2D eigenvalue weighted by Gasteiger charge is -2.10. The Morgan fingerprint density at radius 1 is 0.969 bits per heavy atom. The minimum Gasteiger partial charge on any atom is -0.467 e. The van der Waals surface area contributed by atoms with Crippen LogP contribution >= 0.6 is 23.1 Å². The SMILES string of the molecule is O=C(CSc1nnc(Nc2ccccc2)s1)Nc1ccccc1C(=O)NCc1ccco1. The van der Waals surface area contributed by atoms with E-state index in [9.17, 15) is 9.59 Å². The second-order valence-corrected chi connectivity index (χ2v) is 8.71. The van der Waals surface area contributed by atoms with E-state index in [0.29, 0.717) is 26.5 Å². The van der Waals surface area contributed by atoms with Gasteiger partial charge in [0.25, 0.3) is 5.91 Å². The molecule has 0 saturated heterocycles. The number of amides is 2. The maximum absolute atomic E-state index is 12.5. The molecule has 2 amide bonds. The van der Waals surface area contributed by atoms with Gasteiger partial charge in [0.15, 0.2) is 4.34 Å². The summed E-state index contributed by atoms with van der Waals surface area (Å²) in [7, 11) is 0. The maximum atomic E-state index is 12.5. The summed E-state index contributed by atoms with van der Waals surface area (Å²) in [4.78, 5) is 25.0. The lowest BCUT2D eigenvalue weighted by molar-refractivity contribution is -0.113. The largest absolute Gasteiger partial charge is 0.467 e. The predicted molar refractivity (Wildman–Crippen MR) is 125 cm³/mol. The van der Waals surface area contributed by atoms with E-state index in [1.165, 1.54) is 23.1 Å². The van der Waals surface area contributed by atoms with Crippen LogP contribution in [0.15, 0.2) is 81.8 Å². The second-order valence-electron chi connectivity index (χ2n) is 6.51. The number of anilines is 3. The summed E-state index contributed by atoms with van der Waals surface area (Å²) in [6.45, 7) is 0.264. The molecule has 2 heterocycles. The molecule has 3 N–H and O–H groups in total. The highest BCUT2D eigenvalue weighted by atomic mass is 32.2. The summed E-state index contributed by atoms with van der Waals surface area (Å²) in [5, 5.41) is 17.6. The van der Waals surface area contributed by atoms with Crippen molar-refractivity contribution in [2.75, 3.05) is 16.4 Å². The Balaban J connectivity index is 1.30. The average Bonchev–Trinajstić information content (AvgIpc) is 3.49. The highest BCUT2D eigenvalue weighted by molar-refractivity contribution is 8.01. The lowest BCUT2D eigenvalue weighted by Crippen LogP contribution is -2.25. The van der Waals surface area contributed by atoms with E-state index in [-0.39, 0.29) is 24.1 Å². The van der Waals surface area contributed by atoms with Crippen LogP contribution in [0.4, 0.5) is 16.5 Å². The van der Waals surface area contributed by atoms with Crippen LogP contribution in [0.5, 0.6) is 0 Å². The molecule has 10 heteroatoms. The van der Waals surface area contributed by atoms with Gasteiger partial charge in [-0.25, -0.2) is 0 Å². The zero-order valence-corrected chi connectivity index (χ0v) is 18.4. The van der Waals surface area contributed by atoms with E-state index >= 15 is 0 Å². The molecule has 32 heavy (non-hydrogen) atoms. The van der Waals surface area contributed by atoms with Crippen molar-refractivity contribution in [3.8, 4) is 0 Å². The number of benzene rings is 2. The number of para-hydroxylation sites is 2. The monoisotopic (exact) mass is 465 g/mol. The highest BCUT2D eigenvalue weighted by Crippen LogP contribution is 2.27. The number of rotatable bonds is 9. The van der Waals surface area contributed by atoms with Crippen molar-refractivity contribution >= 4 is 51.4 Å². The Morgan fingerprint density at radius 3 is 2.59 bits per heavy atom. The lowest BCUT2D eigenvalue weighted by atomic mass is 10.1. The second kappa shape index (κ2) is 10.6. The molecule has 2 aromatic carbocycles. The molecular formula is C22H19N5O3S2. The van der Waals surface area contributed by atoms with Crippen molar-refractivity contribution in [1.82, 2.24) is 15.5 Å². The first-order chi connectivity index (χ1) is 15.7. The highest BCUT2D eigenvalue weighted by Gasteiger charge is 2.14. The van der Waals surface area contributed by atoms with Crippen LogP contribution < -0.4 is 16.0 Å². The number of carbonyl (C=O) groups excluding carboxylic acids is 2. The molecule has 4 aromatic rings. The first kappa shape index (κ1) is 21.6. The standard InChI is InChI=1S/C22H19N5O3S2/c28-19(14-31-22-27-26-21(32-22)24-15-7-2-1-3-8-15)25-18-11-5-4-10-17(18)20(29)23-13-16-9-6-12-30-16/h1-12H,13-14H2,(H,23,29)(H,24,26)(H,25,28). The third-order valence-corrected chi connectivity index (χ3v) is 6.18. The van der Waals surface area contributed by atoms with Gasteiger partial charge in [0, 0.05) is 5.69 Å². The zero-order valence-electron chi connectivity index (χ0n) is 16.8. The summed E-state index contributed by atoms with van der Waals surface area (Å²) < 4.78 is 5.89. The summed E-state index contributed by atoms with van der Waals surface area (Å²) in [5.41, 5.74) is 1.74. The number of furan rings is 1. The minimum atomic E-state index is -0.300. The number of carbonyl (C=O) groups is 2. The van der Waals surface area contributed by atoms with Crippen LogP contribution in [0.2, 0.25) is 0 Å². The summed E-state index contributed by atoms with van der Waals surface area (Å²) in [5.74, 6) is 0.247. The smallest absolute Gasteiger partial charge is 0.253 e. The molecule has 0 aliphatic carbocycles. The van der Waals surface area contributed by atoms with Gasteiger partial charge >= 0.3 is 0 Å². The van der Waals surface area contributed by atoms with Crippen molar-refractivity contribution in [3.05, 3.63) is 84.3 Å². The molecule has 0 aliphatic heterocycles. The molecule has 0 bridgehead atoms. The Kier molecular flexibility index (Phi) is 7.15. The molecule has 0 radical (unpaired) electrons. The molecule has 4 rings (SSSR count). The minimum absolute atomic E-state index is 0.141. The quantitative estimate of drug-likeness (QED) is 0.312. The van der Waals surface area contributed by atoms with Crippen LogP contribution in [-0.2, 0) is 11.3 Å². The van der Waals surface area contributed by atoms with Crippen LogP contribution in [0, 0.1) is 0 Å². The van der Waals surface area contributed by atoms with Crippen molar-refractivity contribution in [2.45, 2.75) is 10.9 Å². The fourth-order valence-electron chi connectivity index (χ4n) is 2.74. The van der Waals surface area contributed by atoms with Crippen molar-refractivity contribution in [3.63, 3.8) is 0 Å². The van der Waals surface area contributed by atoms with Gasteiger partial charge in [-0.3, -0.25) is 9.59 Å². The van der Waals surface area contributed by atoms with Gasteiger partial charge in [-0.15, -0.1) is 10.2 Å². The van der Waals surface area contributed by atoms with Crippen LogP contribution in [0.1, 0.15) is 16.1 Å². The maximum Gasteiger partial charge on any atom is 0.253 e. The summed E-state index contributed by atoms with van der Waals surface area (Å²) in [6.07, 6.45) is 1.55. The number of nitrogens with zero attached hydrogens (tertiary/aromatic N) is 2. The molecule has 0 spiro atoms. The molecule has 162 valence electrons. The van der Waals surface area contributed by atoms with E-state index in [0.717, 1.165) is 5.69 Å². The molecule has 0 atom stereocenters. The fourth-order valence-corrected chi connectivity index (χ4v) is 4.32. The average molecular weight is 466 g/mol. The molecule has 2 aromatic heterocycles. The van der Waals surface area contributed by atoms with Gasteiger partial charge in [0.1, 0.15) is 5.76 Å². The molecular weight excluding hydrogens is 446 g/mol. The third-order valence-electron chi connectivity index (χ3n) is 4.21. The van der Waals surface area contributed by atoms with E-state index in [4.69, 9.17) is 4.42 Å².